The van der Waals surface area contributed by atoms with Gasteiger partial charge in [-0.3, -0.25) is 14.4 Å². The third-order valence-corrected chi connectivity index (χ3v) is 24.4. The highest BCUT2D eigenvalue weighted by molar-refractivity contribution is 8.06. The Morgan fingerprint density at radius 1 is 0.462 bits per heavy atom. The highest BCUT2D eigenvalue weighted by Gasteiger charge is 2.35. The minimum atomic E-state index is -0.390. The summed E-state index contributed by atoms with van der Waals surface area (Å²) in [5.41, 5.74) is 16.7. The second kappa shape index (κ2) is 28.4. The summed E-state index contributed by atoms with van der Waals surface area (Å²) in [5, 5.41) is 21.9. The first-order valence-electron chi connectivity index (χ1n) is 30.7. The molecular formula is C69H66FN9O8S6. The van der Waals surface area contributed by atoms with E-state index >= 15 is 0 Å². The molecule has 4 fully saturated rings. The summed E-state index contributed by atoms with van der Waals surface area (Å²) in [6, 6.07) is 47.9. The SMILES string of the molecule is Nc1ccc2c(c1)Sc1cccc(-c3cc(N4CCOCC4)cc(=O)[nH]3)c1S2.O=c1cc(N2CCOCC2)cc(-c2cccc3c2Sc2ccc(N4CC4CF)cc2S3)[nH]1.O=c1cc(N2CCOCC2)cc(-c2cccc3c2Sc2ccc(NC(CO)CO)cc2S3)[nH]1. The fraction of sp³-hybridized carbons (Fsp3) is 0.261. The summed E-state index contributed by atoms with van der Waals surface area (Å²) in [4.78, 5) is 69.1. The first-order valence-corrected chi connectivity index (χ1v) is 35.6. The van der Waals surface area contributed by atoms with Gasteiger partial charge in [0.15, 0.2) is 0 Å². The van der Waals surface area contributed by atoms with Crippen molar-refractivity contribution in [2.75, 3.05) is 136 Å². The number of benzene rings is 6. The number of H-pyrrole nitrogens is 3. The van der Waals surface area contributed by atoms with Crippen LogP contribution in [0.25, 0.3) is 33.8 Å². The van der Waals surface area contributed by atoms with Gasteiger partial charge in [0.1, 0.15) is 6.67 Å². The Bertz CT molecular complexity index is 4440. The van der Waals surface area contributed by atoms with E-state index in [1.54, 1.807) is 88.8 Å². The first-order chi connectivity index (χ1) is 45.5. The molecule has 24 heteroatoms. The molecule has 8 N–H and O–H groups in total. The molecule has 0 spiro atoms. The van der Waals surface area contributed by atoms with E-state index in [1.165, 1.54) is 34.3 Å². The number of alkyl halides is 1. The molecule has 4 saturated heterocycles. The van der Waals surface area contributed by atoms with Gasteiger partial charge >= 0.3 is 0 Å². The number of aromatic nitrogens is 3. The van der Waals surface area contributed by atoms with E-state index in [9.17, 15) is 29.0 Å². The van der Waals surface area contributed by atoms with Gasteiger partial charge in [-0.25, -0.2) is 4.39 Å². The highest BCUT2D eigenvalue weighted by atomic mass is 32.2. The Hall–Kier alpha value is -7.20. The molecule has 0 radical (unpaired) electrons. The number of anilines is 6. The molecule has 7 aliphatic heterocycles. The number of hydrogen-bond acceptors (Lipinski definition) is 20. The lowest BCUT2D eigenvalue weighted by molar-refractivity contribution is 0.122. The van der Waals surface area contributed by atoms with E-state index in [1.807, 2.05) is 48.5 Å². The number of rotatable bonds is 12. The van der Waals surface area contributed by atoms with Gasteiger partial charge in [0.25, 0.3) is 0 Å². The number of nitrogens with two attached hydrogens (primary N) is 1. The van der Waals surface area contributed by atoms with Crippen molar-refractivity contribution in [3.8, 4) is 33.8 Å². The number of nitrogens with zero attached hydrogens (tertiary/aromatic N) is 4. The number of pyridine rings is 3. The fourth-order valence-electron chi connectivity index (χ4n) is 11.8. The van der Waals surface area contributed by atoms with Crippen LogP contribution < -0.4 is 47.3 Å². The van der Waals surface area contributed by atoms with Gasteiger partial charge in [-0.05, 0) is 91.0 Å². The van der Waals surface area contributed by atoms with Crippen LogP contribution in [0.15, 0.2) is 219 Å². The third-order valence-electron chi connectivity index (χ3n) is 16.6. The second-order valence-corrected chi connectivity index (χ2v) is 29.2. The Kier molecular flexibility index (Phi) is 19.3. The van der Waals surface area contributed by atoms with E-state index < -0.39 is 6.04 Å². The Labute approximate surface area is 561 Å². The number of aliphatic hydroxyl groups excluding tert-OH is 2. The van der Waals surface area contributed by atoms with Crippen LogP contribution in [-0.2, 0) is 14.2 Å². The maximum absolute atomic E-state index is 12.9. The van der Waals surface area contributed by atoms with Crippen LogP contribution in [0.4, 0.5) is 38.5 Å². The molecule has 7 aliphatic rings. The number of ether oxygens (including phenoxy) is 3. The minimum absolute atomic E-state index is 0.0312. The van der Waals surface area contributed by atoms with E-state index in [0.717, 1.165) is 138 Å². The van der Waals surface area contributed by atoms with Gasteiger partial charge in [-0.2, -0.15) is 0 Å². The first kappa shape index (κ1) is 63.2. The normalized spacial score (nSPS) is 16.9. The average molecular weight is 1360 g/mol. The third kappa shape index (κ3) is 14.3. The van der Waals surface area contributed by atoms with Crippen LogP contribution in [0.1, 0.15) is 0 Å². The van der Waals surface area contributed by atoms with Gasteiger partial charge in [0.2, 0.25) is 16.7 Å². The van der Waals surface area contributed by atoms with Crippen LogP contribution in [0.3, 0.4) is 0 Å². The molecule has 17 nitrogen and oxygen atoms in total. The van der Waals surface area contributed by atoms with Crippen molar-refractivity contribution in [2.24, 2.45) is 0 Å². The summed E-state index contributed by atoms with van der Waals surface area (Å²) in [6.07, 6.45) is 0. The molecule has 3 aromatic heterocycles. The smallest absolute Gasteiger partial charge is 0.250 e. The molecular weight excluding hydrogens is 1290 g/mol. The van der Waals surface area contributed by atoms with Crippen LogP contribution in [0.5, 0.6) is 0 Å². The largest absolute Gasteiger partial charge is 0.399 e. The molecule has 10 heterocycles. The predicted octanol–water partition coefficient (Wildman–Crippen LogP) is 12.0. The highest BCUT2D eigenvalue weighted by Crippen LogP contribution is 2.55. The number of fused-ring (bicyclic) bond motifs is 6. The van der Waals surface area contributed by atoms with Gasteiger partial charge in [-0.1, -0.05) is 107 Å². The van der Waals surface area contributed by atoms with Crippen LogP contribution in [0, 0.1) is 0 Å². The minimum Gasteiger partial charge on any atom is -0.399 e. The van der Waals surface area contributed by atoms with Crippen LogP contribution in [0.2, 0.25) is 0 Å². The van der Waals surface area contributed by atoms with Crippen molar-refractivity contribution in [2.45, 2.75) is 70.8 Å². The number of nitrogens with one attached hydrogen (secondary N) is 4. The number of hydrogen-bond donors (Lipinski definition) is 7. The van der Waals surface area contributed by atoms with Crippen molar-refractivity contribution < 1.29 is 28.8 Å². The molecule has 478 valence electrons. The molecule has 0 saturated carbocycles. The summed E-state index contributed by atoms with van der Waals surface area (Å²) < 4.78 is 29.3. The van der Waals surface area contributed by atoms with Crippen molar-refractivity contribution in [1.29, 1.82) is 0 Å². The average Bonchev–Trinajstić information content (AvgIpc) is 1.74. The Balaban J connectivity index is 0.000000121. The maximum atomic E-state index is 12.9. The Morgan fingerprint density at radius 3 is 1.27 bits per heavy atom. The van der Waals surface area contributed by atoms with Gasteiger partial charge in [0, 0.05) is 174 Å². The van der Waals surface area contributed by atoms with Crippen LogP contribution >= 0.6 is 70.6 Å². The molecule has 0 bridgehead atoms. The van der Waals surface area contributed by atoms with Crippen molar-refractivity contribution in [1.82, 2.24) is 15.0 Å². The molecule has 1 unspecified atom stereocenters. The molecule has 1 atom stereocenters. The predicted molar refractivity (Wildman–Crippen MR) is 374 cm³/mol. The molecule has 6 aromatic carbocycles. The summed E-state index contributed by atoms with van der Waals surface area (Å²) >= 11 is 10.3. The zero-order chi connectivity index (χ0) is 63.5. The molecule has 0 aliphatic carbocycles. The van der Waals surface area contributed by atoms with Crippen molar-refractivity contribution in [3.63, 3.8) is 0 Å². The van der Waals surface area contributed by atoms with E-state index in [2.05, 4.69) is 119 Å². The molecule has 0 amide bonds. The zero-order valence-electron chi connectivity index (χ0n) is 50.4. The van der Waals surface area contributed by atoms with Crippen molar-refractivity contribution in [3.05, 3.63) is 177 Å². The number of aliphatic hydroxyl groups is 2. The van der Waals surface area contributed by atoms with E-state index in [-0.39, 0.29) is 42.6 Å². The molecule has 16 rings (SSSR count). The number of aromatic amines is 3. The van der Waals surface area contributed by atoms with Crippen LogP contribution in [-0.4, -0.2) is 143 Å². The Morgan fingerprint density at radius 2 is 0.860 bits per heavy atom. The zero-order valence-corrected chi connectivity index (χ0v) is 55.3. The lowest BCUT2D eigenvalue weighted by Crippen LogP contribution is -2.36. The van der Waals surface area contributed by atoms with Gasteiger partial charge < -0.3 is 70.0 Å². The fourth-order valence-corrected chi connectivity index (χ4v) is 19.0. The molecule has 93 heavy (non-hydrogen) atoms. The second-order valence-electron chi connectivity index (χ2n) is 22.8. The number of morpholine rings is 3. The standard InChI is InChI=1S/C24H22FN3O2S2.C24H25N3O4S2.C21H19N3O2S2/c25-13-17-14-28(17)15-4-5-20-22(11-15)31-21-3-1-2-18(24(21)32-20)19-10-16(12-23(29)26-19)27-6-8-30-9-7-27;28-13-16(14-29)25-15-4-5-20-22(10-15)32-21-3-1-2-18(24(21)33-20)19-11-17(12-23(30)26-19)27-6-8-31-9-7-27;22-13-4-5-17-19(10-13)27-18-3-1-2-15(21(18)28-17)16-11-14(12-20(25)23-16)24-6-8-26-9-7-24/h1-5,10-12,17H,6-9,13-14H2,(H,26,29);1-5,10-12,16,25,28-29H,6-9,13-14H2,(H,26,30);1-5,10-12H,6-9,22H2,(H,23,25). The summed E-state index contributed by atoms with van der Waals surface area (Å²) in [5.74, 6) is 0. The summed E-state index contributed by atoms with van der Waals surface area (Å²) in [6.45, 7) is 9.02. The van der Waals surface area contributed by atoms with E-state index in [0.29, 0.717) is 39.6 Å². The van der Waals surface area contributed by atoms with Gasteiger partial charge in [-0.15, -0.1) is 0 Å². The maximum Gasteiger partial charge on any atom is 0.250 e. The van der Waals surface area contributed by atoms with E-state index in [4.69, 9.17) is 19.9 Å². The lowest BCUT2D eigenvalue weighted by Gasteiger charge is -2.29. The van der Waals surface area contributed by atoms with Crippen molar-refractivity contribution >= 4 is 105 Å². The topological polar surface area (TPSA) is 218 Å². The quantitative estimate of drug-likeness (QED) is 0.0447. The molecule has 9 aromatic rings. The lowest BCUT2D eigenvalue weighted by atomic mass is 10.1. The summed E-state index contributed by atoms with van der Waals surface area (Å²) in [7, 11) is 0. The number of nitrogen functional groups attached to an aromatic ring is 1. The van der Waals surface area contributed by atoms with Gasteiger partial charge in [0.05, 0.1) is 82.0 Å². The monoisotopic (exact) mass is 1360 g/mol. The number of halogens is 1.